The Morgan fingerprint density at radius 2 is 1.93 bits per heavy atom. The van der Waals surface area contributed by atoms with Gasteiger partial charge in [-0.2, -0.15) is 0 Å². The Bertz CT molecular complexity index is 809. The molecule has 0 spiro atoms. The van der Waals surface area contributed by atoms with Crippen LogP contribution in [-0.2, 0) is 19.4 Å². The molecule has 1 aromatic heterocycles. The zero-order valence-corrected chi connectivity index (χ0v) is 16.7. The van der Waals surface area contributed by atoms with E-state index in [1.807, 2.05) is 4.90 Å². The molecule has 2 aliphatic rings. The zero-order chi connectivity index (χ0) is 19.3. The number of aromatic nitrogens is 3. The minimum absolute atomic E-state index is 0.0273. The van der Waals surface area contributed by atoms with Crippen LogP contribution >= 0.6 is 0 Å². The van der Waals surface area contributed by atoms with Gasteiger partial charge in [-0.05, 0) is 37.5 Å². The van der Waals surface area contributed by atoms with Gasteiger partial charge in [0.05, 0.1) is 0 Å². The van der Waals surface area contributed by atoms with E-state index in [2.05, 4.69) is 56.2 Å². The van der Waals surface area contributed by atoms with Crippen LogP contribution in [0.1, 0.15) is 36.5 Å². The first-order valence-corrected chi connectivity index (χ1v) is 10.5. The minimum Gasteiger partial charge on any atom is -0.368 e. The van der Waals surface area contributed by atoms with Gasteiger partial charge in [-0.1, -0.05) is 18.6 Å². The lowest BCUT2D eigenvalue weighted by atomic mass is 10.2. The largest absolute Gasteiger partial charge is 0.368 e. The van der Waals surface area contributed by atoms with E-state index in [0.29, 0.717) is 6.54 Å². The van der Waals surface area contributed by atoms with Crippen molar-refractivity contribution in [3.05, 3.63) is 41.5 Å². The fraction of sp³-hybridized carbons (Fsp3) is 0.571. The molecule has 0 aliphatic carbocycles. The summed E-state index contributed by atoms with van der Waals surface area (Å²) in [6.45, 7) is 6.96. The molecule has 2 aromatic rings. The first kappa shape index (κ1) is 18.8. The van der Waals surface area contributed by atoms with Crippen LogP contribution in [-0.4, -0.2) is 58.4 Å². The molecule has 2 amide bonds. The van der Waals surface area contributed by atoms with E-state index in [-0.39, 0.29) is 6.03 Å². The predicted octanol–water partition coefficient (Wildman–Crippen LogP) is 2.39. The molecule has 0 saturated carbocycles. The highest BCUT2D eigenvalue weighted by atomic mass is 16.2. The van der Waals surface area contributed by atoms with Crippen molar-refractivity contribution in [3.63, 3.8) is 0 Å². The number of nitrogens with one attached hydrogen (secondary N) is 1. The molecule has 0 atom stereocenters. The Hall–Kier alpha value is -2.57. The van der Waals surface area contributed by atoms with Crippen molar-refractivity contribution in [2.75, 3.05) is 37.6 Å². The highest BCUT2D eigenvalue weighted by Crippen LogP contribution is 2.18. The molecule has 150 valence electrons. The van der Waals surface area contributed by atoms with E-state index in [9.17, 15) is 4.79 Å². The molecule has 4 rings (SSSR count). The quantitative estimate of drug-likeness (QED) is 0.882. The summed E-state index contributed by atoms with van der Waals surface area (Å²) in [5.74, 6) is 2.10. The highest BCUT2D eigenvalue weighted by molar-refractivity contribution is 5.74. The van der Waals surface area contributed by atoms with Crippen LogP contribution < -0.4 is 10.2 Å². The van der Waals surface area contributed by atoms with Crippen molar-refractivity contribution < 1.29 is 4.79 Å². The highest BCUT2D eigenvalue weighted by Gasteiger charge is 2.21. The first-order chi connectivity index (χ1) is 13.7. The summed E-state index contributed by atoms with van der Waals surface area (Å²) in [4.78, 5) is 16.8. The van der Waals surface area contributed by atoms with Crippen molar-refractivity contribution in [2.45, 2.75) is 45.6 Å². The Morgan fingerprint density at radius 3 is 2.75 bits per heavy atom. The van der Waals surface area contributed by atoms with Crippen molar-refractivity contribution in [3.8, 4) is 0 Å². The average molecular weight is 383 g/mol. The number of aryl methyl sites for hydroxylation is 2. The third-order valence-electron chi connectivity index (χ3n) is 5.74. The molecule has 7 nitrogen and oxygen atoms in total. The van der Waals surface area contributed by atoms with E-state index in [4.69, 9.17) is 0 Å². The van der Waals surface area contributed by atoms with E-state index in [1.165, 1.54) is 30.5 Å². The maximum atomic E-state index is 12.5. The summed E-state index contributed by atoms with van der Waals surface area (Å²) in [5, 5.41) is 11.7. The molecule has 0 bridgehead atoms. The number of fused-ring (bicyclic) bond motifs is 1. The van der Waals surface area contributed by atoms with Gasteiger partial charge in [0, 0.05) is 57.8 Å². The second kappa shape index (κ2) is 8.63. The summed E-state index contributed by atoms with van der Waals surface area (Å²) < 4.78 is 2.25. The third kappa shape index (κ3) is 4.29. The Balaban J connectivity index is 1.24. The number of piperazine rings is 1. The monoisotopic (exact) mass is 382 g/mol. The van der Waals surface area contributed by atoms with E-state index >= 15 is 0 Å². The van der Waals surface area contributed by atoms with Gasteiger partial charge in [0.2, 0.25) is 0 Å². The third-order valence-corrected chi connectivity index (χ3v) is 5.74. The summed E-state index contributed by atoms with van der Waals surface area (Å²) in [6, 6.07) is 8.58. The summed E-state index contributed by atoms with van der Waals surface area (Å²) in [7, 11) is 0. The number of hydrogen-bond acceptors (Lipinski definition) is 4. The lowest BCUT2D eigenvalue weighted by Crippen LogP contribution is -2.52. The second-order valence-electron chi connectivity index (χ2n) is 7.79. The molecule has 1 fully saturated rings. The molecule has 0 radical (unpaired) electrons. The maximum Gasteiger partial charge on any atom is 0.317 e. The number of amides is 2. The lowest BCUT2D eigenvalue weighted by molar-refractivity contribution is 0.194. The zero-order valence-electron chi connectivity index (χ0n) is 16.7. The molecular weight excluding hydrogens is 352 g/mol. The van der Waals surface area contributed by atoms with Gasteiger partial charge in [0.15, 0.2) is 0 Å². The van der Waals surface area contributed by atoms with Crippen LogP contribution in [0, 0.1) is 6.92 Å². The van der Waals surface area contributed by atoms with Crippen LogP contribution in [0.4, 0.5) is 10.5 Å². The summed E-state index contributed by atoms with van der Waals surface area (Å²) >= 11 is 0. The Morgan fingerprint density at radius 1 is 1.07 bits per heavy atom. The molecule has 3 heterocycles. The Kier molecular flexibility index (Phi) is 5.78. The smallest absolute Gasteiger partial charge is 0.317 e. The number of hydrogen-bond donors (Lipinski definition) is 1. The summed E-state index contributed by atoms with van der Waals surface area (Å²) in [6.07, 6.45) is 5.40. The number of urea groups is 1. The number of nitrogens with zero attached hydrogens (tertiary/aromatic N) is 5. The SMILES string of the molecule is Cc1cccc(N2CCN(C(=O)NCCc3nnc4n3CCCCC4)CC2)c1. The van der Waals surface area contributed by atoms with Crippen molar-refractivity contribution in [1.82, 2.24) is 25.0 Å². The predicted molar refractivity (Wildman–Crippen MR) is 110 cm³/mol. The number of carbonyl (C=O) groups is 1. The van der Waals surface area contributed by atoms with Gasteiger partial charge in [-0.3, -0.25) is 0 Å². The van der Waals surface area contributed by atoms with Crippen molar-refractivity contribution >= 4 is 11.7 Å². The fourth-order valence-electron chi connectivity index (χ4n) is 4.12. The van der Waals surface area contributed by atoms with Gasteiger partial charge in [-0.25, -0.2) is 4.79 Å². The molecule has 1 saturated heterocycles. The molecule has 7 heteroatoms. The van der Waals surface area contributed by atoms with Crippen molar-refractivity contribution in [2.24, 2.45) is 0 Å². The normalized spacial score (nSPS) is 17.2. The van der Waals surface area contributed by atoms with Gasteiger partial charge >= 0.3 is 6.03 Å². The van der Waals surface area contributed by atoms with E-state index in [1.54, 1.807) is 0 Å². The molecule has 2 aliphatic heterocycles. The molecule has 1 aromatic carbocycles. The van der Waals surface area contributed by atoms with Gasteiger partial charge in [0.1, 0.15) is 11.6 Å². The van der Waals surface area contributed by atoms with Crippen LogP contribution in [0.5, 0.6) is 0 Å². The fourth-order valence-corrected chi connectivity index (χ4v) is 4.12. The summed E-state index contributed by atoms with van der Waals surface area (Å²) in [5.41, 5.74) is 2.51. The average Bonchev–Trinajstić information content (AvgIpc) is 2.94. The molecule has 28 heavy (non-hydrogen) atoms. The van der Waals surface area contributed by atoms with Gasteiger partial charge in [-0.15, -0.1) is 10.2 Å². The number of carbonyl (C=O) groups excluding carboxylic acids is 1. The Labute approximate surface area is 166 Å². The van der Waals surface area contributed by atoms with Crippen LogP contribution in [0.15, 0.2) is 24.3 Å². The molecular formula is C21H30N6O. The second-order valence-corrected chi connectivity index (χ2v) is 7.79. The van der Waals surface area contributed by atoms with Crippen LogP contribution in [0.25, 0.3) is 0 Å². The van der Waals surface area contributed by atoms with Crippen LogP contribution in [0.3, 0.4) is 0 Å². The lowest BCUT2D eigenvalue weighted by Gasteiger charge is -2.36. The maximum absolute atomic E-state index is 12.5. The topological polar surface area (TPSA) is 66.3 Å². The van der Waals surface area contributed by atoms with E-state index < -0.39 is 0 Å². The standard InChI is InChI=1S/C21H30N6O/c1-17-6-5-7-18(16-17)25-12-14-26(15-13-25)21(28)22-10-9-20-24-23-19-8-3-2-4-11-27(19)20/h5-7,16H,2-4,8-15H2,1H3,(H,22,28). The minimum atomic E-state index is 0.0273. The number of rotatable bonds is 4. The van der Waals surface area contributed by atoms with Crippen molar-refractivity contribution in [1.29, 1.82) is 0 Å². The number of anilines is 1. The molecule has 1 N–H and O–H groups in total. The molecule has 0 unspecified atom stereocenters. The number of benzene rings is 1. The first-order valence-electron chi connectivity index (χ1n) is 10.5. The van der Waals surface area contributed by atoms with Gasteiger partial charge in [0.25, 0.3) is 0 Å². The van der Waals surface area contributed by atoms with Crippen LogP contribution in [0.2, 0.25) is 0 Å². The van der Waals surface area contributed by atoms with E-state index in [0.717, 1.165) is 57.2 Å². The van der Waals surface area contributed by atoms with Gasteiger partial charge < -0.3 is 19.7 Å².